The number of nitrogens with zero attached hydrogens (tertiary/aromatic N) is 1. The normalized spacial score (nSPS) is 8.62. The van der Waals surface area contributed by atoms with Gasteiger partial charge in [0.15, 0.2) is 5.69 Å². The fraction of sp³-hybridized carbons (Fsp3) is 0. The van der Waals surface area contributed by atoms with E-state index >= 15 is 0 Å². The van der Waals surface area contributed by atoms with Crippen molar-refractivity contribution in [1.82, 2.24) is 4.98 Å². The molecule has 0 aliphatic rings. The van der Waals surface area contributed by atoms with E-state index in [4.69, 9.17) is 10.2 Å². The van der Waals surface area contributed by atoms with Crippen LogP contribution in [0, 0.1) is 0 Å². The van der Waals surface area contributed by atoms with Gasteiger partial charge in [-0.25, -0.2) is 14.6 Å². The van der Waals surface area contributed by atoms with Crippen LogP contribution in [0.1, 0.15) is 20.8 Å². The fourth-order valence-corrected chi connectivity index (χ4v) is 0.748. The third kappa shape index (κ3) is 2.80. The summed E-state index contributed by atoms with van der Waals surface area (Å²) in [6.07, 6.45) is 1.23. The van der Waals surface area contributed by atoms with Crippen LogP contribution in [0.2, 0.25) is 0 Å². The average molecular weight is 190 g/mol. The molecular formula is C7H5NNaO4. The van der Waals surface area contributed by atoms with Gasteiger partial charge < -0.3 is 10.2 Å². The summed E-state index contributed by atoms with van der Waals surface area (Å²) in [5, 5.41) is 17.0. The van der Waals surface area contributed by atoms with Crippen LogP contribution in [0.3, 0.4) is 0 Å². The Hall–Kier alpha value is -0.910. The minimum Gasteiger partial charge on any atom is -0.478 e. The molecule has 0 fully saturated rings. The van der Waals surface area contributed by atoms with Gasteiger partial charge in [0.1, 0.15) is 0 Å². The molecule has 0 amide bonds. The molecular weight excluding hydrogens is 185 g/mol. The second-order valence-corrected chi connectivity index (χ2v) is 2.01. The predicted octanol–water partition coefficient (Wildman–Crippen LogP) is 0.0972. The molecule has 13 heavy (non-hydrogen) atoms. The zero-order valence-corrected chi connectivity index (χ0v) is 8.89. The molecule has 1 rings (SSSR count). The van der Waals surface area contributed by atoms with E-state index in [1.165, 1.54) is 18.3 Å². The molecule has 0 aliphatic heterocycles. The topological polar surface area (TPSA) is 87.5 Å². The summed E-state index contributed by atoms with van der Waals surface area (Å²) in [6, 6.07) is 2.56. The molecule has 0 bridgehead atoms. The van der Waals surface area contributed by atoms with Crippen molar-refractivity contribution in [3.63, 3.8) is 0 Å². The number of hydrogen-bond donors (Lipinski definition) is 2. The number of aromatic nitrogens is 1. The largest absolute Gasteiger partial charge is 0.478 e. The van der Waals surface area contributed by atoms with Crippen LogP contribution in [0.15, 0.2) is 18.3 Å². The van der Waals surface area contributed by atoms with Crippen LogP contribution in [0.25, 0.3) is 0 Å². The monoisotopic (exact) mass is 190 g/mol. The number of hydrogen-bond acceptors (Lipinski definition) is 3. The first-order valence-electron chi connectivity index (χ1n) is 3.04. The van der Waals surface area contributed by atoms with Crippen LogP contribution < -0.4 is 0 Å². The van der Waals surface area contributed by atoms with Crippen LogP contribution in [-0.2, 0) is 0 Å². The number of pyridine rings is 1. The summed E-state index contributed by atoms with van der Waals surface area (Å²) in [7, 11) is 0. The second-order valence-electron chi connectivity index (χ2n) is 2.01. The van der Waals surface area contributed by atoms with Crippen molar-refractivity contribution in [3.8, 4) is 0 Å². The van der Waals surface area contributed by atoms with Crippen LogP contribution in [-0.4, -0.2) is 56.7 Å². The van der Waals surface area contributed by atoms with Gasteiger partial charge >= 0.3 is 11.9 Å². The van der Waals surface area contributed by atoms with Gasteiger partial charge in [0.05, 0.1) is 5.56 Å². The first-order chi connectivity index (χ1) is 5.63. The summed E-state index contributed by atoms with van der Waals surface area (Å²) in [5.41, 5.74) is -0.741. The molecule has 0 unspecified atom stereocenters. The van der Waals surface area contributed by atoms with Gasteiger partial charge in [-0.1, -0.05) is 0 Å². The van der Waals surface area contributed by atoms with Crippen LogP contribution in [0.5, 0.6) is 0 Å². The molecule has 6 heteroatoms. The third-order valence-electron chi connectivity index (χ3n) is 1.24. The van der Waals surface area contributed by atoms with E-state index in [9.17, 15) is 9.59 Å². The zero-order chi connectivity index (χ0) is 9.14. The predicted molar refractivity (Wildman–Crippen MR) is 43.9 cm³/mol. The summed E-state index contributed by atoms with van der Waals surface area (Å²) < 4.78 is 0. The maximum atomic E-state index is 10.4. The first-order valence-corrected chi connectivity index (χ1v) is 3.04. The van der Waals surface area contributed by atoms with Crippen molar-refractivity contribution in [3.05, 3.63) is 29.6 Å². The molecule has 0 saturated heterocycles. The van der Waals surface area contributed by atoms with Gasteiger partial charge in [-0.05, 0) is 12.1 Å². The van der Waals surface area contributed by atoms with Crippen LogP contribution >= 0.6 is 0 Å². The summed E-state index contributed by atoms with van der Waals surface area (Å²) >= 11 is 0. The summed E-state index contributed by atoms with van der Waals surface area (Å²) in [4.78, 5) is 24.2. The Balaban J connectivity index is 0.00000144. The average Bonchev–Trinajstić information content (AvgIpc) is 2.04. The second kappa shape index (κ2) is 4.96. The van der Waals surface area contributed by atoms with E-state index in [1.807, 2.05) is 0 Å². The first kappa shape index (κ1) is 12.1. The molecule has 2 N–H and O–H groups in total. The van der Waals surface area contributed by atoms with Crippen LogP contribution in [0.4, 0.5) is 0 Å². The minimum atomic E-state index is -1.34. The summed E-state index contributed by atoms with van der Waals surface area (Å²) in [5.74, 6) is -2.63. The van der Waals surface area contributed by atoms with Crippen molar-refractivity contribution < 1.29 is 19.8 Å². The van der Waals surface area contributed by atoms with Gasteiger partial charge in [-0.3, -0.25) is 0 Å². The third-order valence-corrected chi connectivity index (χ3v) is 1.24. The Morgan fingerprint density at radius 2 is 1.85 bits per heavy atom. The maximum Gasteiger partial charge on any atom is 0.355 e. The molecule has 1 heterocycles. The van der Waals surface area contributed by atoms with Gasteiger partial charge in [0.2, 0.25) is 0 Å². The van der Waals surface area contributed by atoms with Gasteiger partial charge in [0.25, 0.3) is 0 Å². The van der Waals surface area contributed by atoms with E-state index in [0.717, 1.165) is 0 Å². The SMILES string of the molecule is O=C(O)c1cccnc1C(=O)O.[Na]. The van der Waals surface area contributed by atoms with Gasteiger partial charge in [-0.15, -0.1) is 0 Å². The van der Waals surface area contributed by atoms with Crippen molar-refractivity contribution in [2.75, 3.05) is 0 Å². The summed E-state index contributed by atoms with van der Waals surface area (Å²) in [6.45, 7) is 0. The Morgan fingerprint density at radius 3 is 2.23 bits per heavy atom. The molecule has 0 saturated carbocycles. The zero-order valence-electron chi connectivity index (χ0n) is 6.89. The van der Waals surface area contributed by atoms with Gasteiger partial charge in [-0.2, -0.15) is 0 Å². The van der Waals surface area contributed by atoms with E-state index in [1.54, 1.807) is 0 Å². The maximum absolute atomic E-state index is 10.4. The Labute approximate surface area is 95.7 Å². The number of rotatable bonds is 2. The molecule has 5 nitrogen and oxygen atoms in total. The Bertz CT molecular complexity index is 306. The standard InChI is InChI=1S/C7H5NO4.Na/c9-6(10)4-2-1-3-8-5(4)7(11)12;/h1-3H,(H,9,10)(H,11,12);. The van der Waals surface area contributed by atoms with Crippen molar-refractivity contribution in [2.24, 2.45) is 0 Å². The number of aromatic carboxylic acids is 2. The van der Waals surface area contributed by atoms with Gasteiger partial charge in [0, 0.05) is 35.8 Å². The quantitative estimate of drug-likeness (QED) is 0.645. The molecule has 0 spiro atoms. The molecule has 0 atom stereocenters. The molecule has 1 radical (unpaired) electrons. The van der Waals surface area contributed by atoms with Crippen molar-refractivity contribution >= 4 is 41.5 Å². The molecule has 0 aliphatic carbocycles. The molecule has 1 aromatic heterocycles. The molecule has 0 aromatic carbocycles. The van der Waals surface area contributed by atoms with E-state index in [0.29, 0.717) is 0 Å². The Morgan fingerprint density at radius 1 is 1.23 bits per heavy atom. The van der Waals surface area contributed by atoms with Crippen molar-refractivity contribution in [2.45, 2.75) is 0 Å². The Kier molecular flexibility index (Phi) is 4.61. The smallest absolute Gasteiger partial charge is 0.355 e. The minimum absolute atomic E-state index is 0. The fourth-order valence-electron chi connectivity index (χ4n) is 0.748. The van der Waals surface area contributed by atoms with E-state index < -0.39 is 17.6 Å². The van der Waals surface area contributed by atoms with E-state index in [-0.39, 0.29) is 35.1 Å². The number of carboxylic acid groups (broad SMARTS) is 2. The van der Waals surface area contributed by atoms with Crippen molar-refractivity contribution in [1.29, 1.82) is 0 Å². The number of carboxylic acids is 2. The number of carbonyl (C=O) groups is 2. The molecule has 1 aromatic rings. The van der Waals surface area contributed by atoms with E-state index in [2.05, 4.69) is 4.98 Å². The molecule has 63 valence electrons.